The molecule has 122 valence electrons. The molecule has 1 fully saturated rings. The minimum atomic E-state index is -0.523. The van der Waals surface area contributed by atoms with Gasteiger partial charge in [0.25, 0.3) is 0 Å². The molecule has 3 rings (SSSR count). The van der Waals surface area contributed by atoms with E-state index in [0.717, 1.165) is 25.7 Å². The fraction of sp³-hybridized carbons (Fsp3) is 0.500. The van der Waals surface area contributed by atoms with Gasteiger partial charge in [-0.15, -0.1) is 0 Å². The Kier molecular flexibility index (Phi) is 4.09. The van der Waals surface area contributed by atoms with Crippen LogP contribution in [0.1, 0.15) is 25.7 Å². The molecule has 0 aliphatic heterocycles. The molecule has 1 aliphatic rings. The Morgan fingerprint density at radius 3 is 2.91 bits per heavy atom. The van der Waals surface area contributed by atoms with Crippen LogP contribution in [0.3, 0.4) is 0 Å². The molecule has 0 spiro atoms. The predicted octanol–water partition coefficient (Wildman–Crippen LogP) is 1.35. The summed E-state index contributed by atoms with van der Waals surface area (Å²) in [6.07, 6.45) is 4.93. The van der Waals surface area contributed by atoms with E-state index >= 15 is 0 Å². The monoisotopic (exact) mass is 318 g/mol. The molecule has 2 heterocycles. The van der Waals surface area contributed by atoms with Crippen molar-refractivity contribution in [3.8, 4) is 0 Å². The number of fused-ring (bicyclic) bond motifs is 1. The second-order valence-corrected chi connectivity index (χ2v) is 5.62. The standard InChI is InChI=1S/C14H18N6O3/c1-15-14(21)9-4-2-3-5-10(9)17-11-6-7-12-16-8-13(20(22)23)19(12)18-11/h6-10H,2-5H2,1H3,(H,15,21)(H,17,18). The second-order valence-electron chi connectivity index (χ2n) is 5.62. The van der Waals surface area contributed by atoms with Gasteiger partial charge >= 0.3 is 5.82 Å². The van der Waals surface area contributed by atoms with Crippen molar-refractivity contribution in [2.75, 3.05) is 12.4 Å². The zero-order chi connectivity index (χ0) is 16.4. The highest BCUT2D eigenvalue weighted by atomic mass is 16.6. The molecule has 9 heteroatoms. The summed E-state index contributed by atoms with van der Waals surface area (Å²) in [7, 11) is 1.63. The van der Waals surface area contributed by atoms with E-state index in [0.29, 0.717) is 11.5 Å². The number of carbonyl (C=O) groups is 1. The van der Waals surface area contributed by atoms with Crippen LogP contribution in [0.4, 0.5) is 11.6 Å². The second kappa shape index (κ2) is 6.19. The SMILES string of the molecule is CNC(=O)C1CCCCC1Nc1ccc2ncc([N+](=O)[O-])n2n1. The Balaban J connectivity index is 1.86. The van der Waals surface area contributed by atoms with Gasteiger partial charge < -0.3 is 20.7 Å². The molecule has 23 heavy (non-hydrogen) atoms. The van der Waals surface area contributed by atoms with Crippen LogP contribution in [-0.4, -0.2) is 38.5 Å². The lowest BCUT2D eigenvalue weighted by Gasteiger charge is -2.30. The Labute approximate surface area is 132 Å². The van der Waals surface area contributed by atoms with E-state index in [2.05, 4.69) is 20.7 Å². The predicted molar refractivity (Wildman–Crippen MR) is 83.1 cm³/mol. The fourth-order valence-electron chi connectivity index (χ4n) is 3.06. The number of anilines is 1. The zero-order valence-electron chi connectivity index (χ0n) is 12.7. The molecule has 0 bridgehead atoms. The smallest absolute Gasteiger partial charge is 0.363 e. The molecule has 2 aromatic rings. The van der Waals surface area contributed by atoms with E-state index in [1.165, 1.54) is 10.7 Å². The van der Waals surface area contributed by atoms with Crippen LogP contribution in [0, 0.1) is 16.0 Å². The number of aromatic nitrogens is 3. The van der Waals surface area contributed by atoms with Gasteiger partial charge in [0.1, 0.15) is 6.20 Å². The lowest BCUT2D eigenvalue weighted by Crippen LogP contribution is -2.42. The first-order valence-corrected chi connectivity index (χ1v) is 7.57. The number of rotatable bonds is 4. The van der Waals surface area contributed by atoms with Gasteiger partial charge in [-0.2, -0.15) is 0 Å². The maximum atomic E-state index is 12.0. The van der Waals surface area contributed by atoms with Gasteiger partial charge in [0.15, 0.2) is 5.82 Å². The van der Waals surface area contributed by atoms with Crippen LogP contribution in [0.15, 0.2) is 18.3 Å². The van der Waals surface area contributed by atoms with E-state index in [9.17, 15) is 14.9 Å². The van der Waals surface area contributed by atoms with Crippen LogP contribution in [-0.2, 0) is 4.79 Å². The molecular formula is C14H18N6O3. The maximum Gasteiger partial charge on any atom is 0.368 e. The average Bonchev–Trinajstić information content (AvgIpc) is 2.98. The molecule has 2 aromatic heterocycles. The van der Waals surface area contributed by atoms with Gasteiger partial charge in [0.2, 0.25) is 11.6 Å². The van der Waals surface area contributed by atoms with Crippen LogP contribution in [0.2, 0.25) is 0 Å². The van der Waals surface area contributed by atoms with Crippen LogP contribution < -0.4 is 10.6 Å². The summed E-state index contributed by atoms with van der Waals surface area (Å²) in [6, 6.07) is 3.36. The number of hydrogen-bond acceptors (Lipinski definition) is 6. The molecule has 2 atom stereocenters. The van der Waals surface area contributed by atoms with Gasteiger partial charge in [-0.1, -0.05) is 22.5 Å². The molecule has 2 unspecified atom stereocenters. The summed E-state index contributed by atoms with van der Waals surface area (Å²) in [5.41, 5.74) is 0.411. The summed E-state index contributed by atoms with van der Waals surface area (Å²) >= 11 is 0. The van der Waals surface area contributed by atoms with Gasteiger partial charge in [-0.3, -0.25) is 4.79 Å². The first-order valence-electron chi connectivity index (χ1n) is 7.57. The van der Waals surface area contributed by atoms with Crippen molar-refractivity contribution in [3.05, 3.63) is 28.4 Å². The Morgan fingerprint density at radius 1 is 1.39 bits per heavy atom. The van der Waals surface area contributed by atoms with E-state index in [-0.39, 0.29) is 23.7 Å². The molecule has 0 aromatic carbocycles. The number of imidazole rings is 1. The lowest BCUT2D eigenvalue weighted by atomic mass is 9.84. The largest absolute Gasteiger partial charge is 0.368 e. The molecule has 1 aliphatic carbocycles. The number of nitro groups is 1. The number of nitrogens with one attached hydrogen (secondary N) is 2. The van der Waals surface area contributed by atoms with Crippen molar-refractivity contribution in [2.24, 2.45) is 5.92 Å². The van der Waals surface area contributed by atoms with Crippen molar-refractivity contribution in [2.45, 2.75) is 31.7 Å². The van der Waals surface area contributed by atoms with Crippen molar-refractivity contribution in [1.29, 1.82) is 0 Å². The summed E-state index contributed by atoms with van der Waals surface area (Å²) in [4.78, 5) is 26.4. The highest BCUT2D eigenvalue weighted by Crippen LogP contribution is 2.27. The van der Waals surface area contributed by atoms with Crippen LogP contribution in [0.25, 0.3) is 5.65 Å². The number of carbonyl (C=O) groups excluding carboxylic acids is 1. The molecular weight excluding hydrogens is 300 g/mol. The highest BCUT2D eigenvalue weighted by molar-refractivity contribution is 5.79. The van der Waals surface area contributed by atoms with E-state index in [4.69, 9.17) is 0 Å². The Hall–Kier alpha value is -2.71. The number of hydrogen-bond donors (Lipinski definition) is 2. The van der Waals surface area contributed by atoms with Gasteiger partial charge in [-0.05, 0) is 23.8 Å². The van der Waals surface area contributed by atoms with Gasteiger partial charge in [0.05, 0.1) is 5.92 Å². The first kappa shape index (κ1) is 15.2. The van der Waals surface area contributed by atoms with E-state index < -0.39 is 4.92 Å². The molecule has 1 amide bonds. The third-order valence-corrected chi connectivity index (χ3v) is 4.21. The highest BCUT2D eigenvalue weighted by Gasteiger charge is 2.31. The summed E-state index contributed by atoms with van der Waals surface area (Å²) in [6.45, 7) is 0. The zero-order valence-corrected chi connectivity index (χ0v) is 12.7. The Morgan fingerprint density at radius 2 is 2.17 bits per heavy atom. The molecule has 0 saturated heterocycles. The minimum Gasteiger partial charge on any atom is -0.363 e. The van der Waals surface area contributed by atoms with E-state index in [1.54, 1.807) is 19.2 Å². The summed E-state index contributed by atoms with van der Waals surface area (Å²) in [5.74, 6) is 0.204. The average molecular weight is 318 g/mol. The molecule has 9 nitrogen and oxygen atoms in total. The van der Waals surface area contributed by atoms with Crippen molar-refractivity contribution >= 4 is 23.2 Å². The topological polar surface area (TPSA) is 114 Å². The quantitative estimate of drug-likeness (QED) is 0.649. The van der Waals surface area contributed by atoms with Crippen LogP contribution in [0.5, 0.6) is 0 Å². The van der Waals surface area contributed by atoms with Gasteiger partial charge in [0, 0.05) is 19.2 Å². The fourth-order valence-corrected chi connectivity index (χ4v) is 3.06. The van der Waals surface area contributed by atoms with E-state index in [1.807, 2.05) is 0 Å². The molecule has 2 N–H and O–H groups in total. The summed E-state index contributed by atoms with van der Waals surface area (Å²) < 4.78 is 1.19. The maximum absolute atomic E-state index is 12.0. The molecule has 1 saturated carbocycles. The summed E-state index contributed by atoms with van der Waals surface area (Å²) in [5, 5.41) is 21.2. The normalized spacial score (nSPS) is 21.1. The van der Waals surface area contributed by atoms with Crippen molar-refractivity contribution < 1.29 is 9.72 Å². The van der Waals surface area contributed by atoms with Crippen molar-refractivity contribution in [1.82, 2.24) is 19.9 Å². The van der Waals surface area contributed by atoms with Crippen LogP contribution >= 0.6 is 0 Å². The number of nitrogens with zero attached hydrogens (tertiary/aromatic N) is 4. The third kappa shape index (κ3) is 2.94. The lowest BCUT2D eigenvalue weighted by molar-refractivity contribution is -0.391. The minimum absolute atomic E-state index is 0.0110. The molecule has 0 radical (unpaired) electrons. The first-order chi connectivity index (χ1) is 11.1. The van der Waals surface area contributed by atoms with Crippen molar-refractivity contribution in [3.63, 3.8) is 0 Å². The van der Waals surface area contributed by atoms with Gasteiger partial charge in [-0.25, -0.2) is 4.98 Å². The third-order valence-electron chi connectivity index (χ3n) is 4.21. The Bertz CT molecular complexity index is 743. The number of amides is 1.